The van der Waals surface area contributed by atoms with Gasteiger partial charge in [0, 0.05) is 25.8 Å². The maximum atomic E-state index is 9.39. The summed E-state index contributed by atoms with van der Waals surface area (Å²) >= 11 is 0. The van der Waals surface area contributed by atoms with Crippen LogP contribution in [0.25, 0.3) is 0 Å². The molecule has 0 aromatic carbocycles. The van der Waals surface area contributed by atoms with E-state index in [1.165, 1.54) is 33.4 Å². The molecule has 0 aromatic rings. The third-order valence-corrected chi connectivity index (χ3v) is 5.89. The monoisotopic (exact) mass is 341 g/mol. The molecule has 25 heavy (non-hydrogen) atoms. The van der Waals surface area contributed by atoms with E-state index in [0.717, 1.165) is 44.5 Å². The van der Waals surface area contributed by atoms with Gasteiger partial charge in [-0.3, -0.25) is 0 Å². The Balaban J connectivity index is 1.88. The average Bonchev–Trinajstić information content (AvgIpc) is 2.81. The van der Waals surface area contributed by atoms with Crippen LogP contribution < -0.4 is 5.32 Å². The lowest BCUT2D eigenvalue weighted by molar-refractivity contribution is 0.0934. The van der Waals surface area contributed by atoms with Crippen LogP contribution in [0.4, 0.5) is 0 Å². The molecule has 0 bridgehead atoms. The lowest BCUT2D eigenvalue weighted by Gasteiger charge is -2.36. The number of nitrogens with one attached hydrogen (secondary N) is 1. The van der Waals surface area contributed by atoms with Crippen LogP contribution >= 0.6 is 0 Å². The number of allylic oxidation sites excluding steroid dienone is 6. The molecule has 2 N–H and O–H groups in total. The second-order valence-corrected chi connectivity index (χ2v) is 7.27. The number of hydrogen-bond donors (Lipinski definition) is 2. The molecule has 4 heteroatoms. The molecule has 4 rings (SSSR count). The molecule has 0 spiro atoms. The molecule has 0 saturated carbocycles. The second-order valence-electron chi connectivity index (χ2n) is 7.27. The van der Waals surface area contributed by atoms with E-state index in [1.807, 2.05) is 0 Å². The Morgan fingerprint density at radius 1 is 1.20 bits per heavy atom. The van der Waals surface area contributed by atoms with E-state index in [9.17, 15) is 5.11 Å². The number of ether oxygens (including phenoxy) is 2. The first kappa shape index (κ1) is 16.7. The fourth-order valence-electron chi connectivity index (χ4n) is 4.76. The van der Waals surface area contributed by atoms with E-state index in [-0.39, 0.29) is 12.7 Å². The van der Waals surface area contributed by atoms with Gasteiger partial charge >= 0.3 is 0 Å². The summed E-state index contributed by atoms with van der Waals surface area (Å²) in [5.41, 5.74) is 8.06. The zero-order valence-electron chi connectivity index (χ0n) is 15.1. The standard InChI is InChI=1S/C21H27NO3/c1-24-17-11-13(8-9-23)10-15-7-6-14-4-3-5-16-12-22-21(25-2)20(18(14)16)19(15)17/h3-4,6,13,17,22-23H,5,7-12H2,1-2H3. The SMILES string of the molecule is COC1=C2C3=C(CC=CC3=CCC3=C2C(OC)CC(CCO)C3)CN1. The fraction of sp³-hybridized carbons (Fsp3) is 0.524. The molecule has 0 fully saturated rings. The van der Waals surface area contributed by atoms with Gasteiger partial charge in [0.1, 0.15) is 0 Å². The Kier molecular flexibility index (Phi) is 4.57. The van der Waals surface area contributed by atoms with Gasteiger partial charge in [-0.25, -0.2) is 0 Å². The Hall–Kier alpha value is -1.78. The lowest BCUT2D eigenvalue weighted by atomic mass is 9.74. The van der Waals surface area contributed by atoms with Crippen molar-refractivity contribution in [3.63, 3.8) is 0 Å². The summed E-state index contributed by atoms with van der Waals surface area (Å²) in [6.45, 7) is 1.09. The molecule has 0 aromatic heterocycles. The van der Waals surface area contributed by atoms with Crippen molar-refractivity contribution < 1.29 is 14.6 Å². The lowest BCUT2D eigenvalue weighted by Crippen LogP contribution is -2.33. The van der Waals surface area contributed by atoms with Crippen LogP contribution in [0.3, 0.4) is 0 Å². The summed E-state index contributed by atoms with van der Waals surface area (Å²) in [6.07, 6.45) is 11.7. The van der Waals surface area contributed by atoms with E-state index >= 15 is 0 Å². The van der Waals surface area contributed by atoms with Crippen molar-refractivity contribution in [3.8, 4) is 0 Å². The number of dihydropyridines is 1. The van der Waals surface area contributed by atoms with Gasteiger partial charge in [0.15, 0.2) is 5.88 Å². The molecule has 3 aliphatic carbocycles. The number of rotatable bonds is 4. The minimum Gasteiger partial charge on any atom is -0.482 e. The van der Waals surface area contributed by atoms with Crippen LogP contribution in [-0.2, 0) is 9.47 Å². The van der Waals surface area contributed by atoms with Gasteiger partial charge in [0.2, 0.25) is 0 Å². The highest BCUT2D eigenvalue weighted by atomic mass is 16.5. The molecule has 4 aliphatic rings. The molecule has 1 aliphatic heterocycles. The number of hydrogen-bond acceptors (Lipinski definition) is 4. The predicted molar refractivity (Wildman–Crippen MR) is 97.8 cm³/mol. The molecular weight excluding hydrogens is 314 g/mol. The van der Waals surface area contributed by atoms with Gasteiger partial charge in [-0.2, -0.15) is 0 Å². The largest absolute Gasteiger partial charge is 0.482 e. The Morgan fingerprint density at radius 2 is 2.08 bits per heavy atom. The Bertz CT molecular complexity index is 723. The normalized spacial score (nSPS) is 28.2. The van der Waals surface area contributed by atoms with Crippen LogP contribution in [0, 0.1) is 5.92 Å². The number of methoxy groups -OCH3 is 2. The summed E-state index contributed by atoms with van der Waals surface area (Å²) < 4.78 is 11.7. The van der Waals surface area contributed by atoms with Gasteiger partial charge in [-0.15, -0.1) is 0 Å². The topological polar surface area (TPSA) is 50.7 Å². The van der Waals surface area contributed by atoms with E-state index in [0.29, 0.717) is 5.92 Å². The molecule has 1 heterocycles. The van der Waals surface area contributed by atoms with Crippen molar-refractivity contribution in [1.29, 1.82) is 0 Å². The molecular formula is C21H27NO3. The number of aliphatic hydroxyl groups is 1. The summed E-state index contributed by atoms with van der Waals surface area (Å²) in [6, 6.07) is 0. The molecule has 0 amide bonds. The first-order chi connectivity index (χ1) is 12.3. The van der Waals surface area contributed by atoms with Gasteiger partial charge in [-0.1, -0.05) is 23.8 Å². The van der Waals surface area contributed by atoms with E-state index < -0.39 is 0 Å². The van der Waals surface area contributed by atoms with Crippen LogP contribution in [0.1, 0.15) is 32.1 Å². The third-order valence-electron chi connectivity index (χ3n) is 5.89. The smallest absolute Gasteiger partial charge is 0.195 e. The third kappa shape index (κ3) is 2.77. The van der Waals surface area contributed by atoms with Crippen LogP contribution in [0.5, 0.6) is 0 Å². The highest BCUT2D eigenvalue weighted by molar-refractivity contribution is 5.68. The maximum Gasteiger partial charge on any atom is 0.195 e. The molecule has 4 nitrogen and oxygen atoms in total. The van der Waals surface area contributed by atoms with Crippen molar-refractivity contribution in [3.05, 3.63) is 57.5 Å². The molecule has 0 saturated heterocycles. The summed E-state index contributed by atoms with van der Waals surface area (Å²) in [5, 5.41) is 12.9. The molecule has 0 radical (unpaired) electrons. The zero-order chi connectivity index (χ0) is 17.4. The highest BCUT2D eigenvalue weighted by Crippen LogP contribution is 2.47. The van der Waals surface area contributed by atoms with Crippen LogP contribution in [0.2, 0.25) is 0 Å². The van der Waals surface area contributed by atoms with Crippen molar-refractivity contribution >= 4 is 0 Å². The number of aliphatic hydroxyl groups excluding tert-OH is 1. The van der Waals surface area contributed by atoms with Gasteiger partial charge < -0.3 is 19.9 Å². The predicted octanol–water partition coefficient (Wildman–Crippen LogP) is 3.14. The van der Waals surface area contributed by atoms with Crippen molar-refractivity contribution in [2.75, 3.05) is 27.4 Å². The first-order valence-electron chi connectivity index (χ1n) is 9.24. The summed E-state index contributed by atoms with van der Waals surface area (Å²) in [4.78, 5) is 0. The van der Waals surface area contributed by atoms with Crippen LogP contribution in [-0.4, -0.2) is 38.6 Å². The van der Waals surface area contributed by atoms with Crippen molar-refractivity contribution in [1.82, 2.24) is 5.32 Å². The summed E-state index contributed by atoms with van der Waals surface area (Å²) in [7, 11) is 3.54. The van der Waals surface area contributed by atoms with Crippen molar-refractivity contribution in [2.24, 2.45) is 5.92 Å². The van der Waals surface area contributed by atoms with Crippen molar-refractivity contribution in [2.45, 2.75) is 38.2 Å². The molecule has 2 atom stereocenters. The van der Waals surface area contributed by atoms with Gasteiger partial charge in [0.25, 0.3) is 0 Å². The number of fused-ring (bicyclic) bond motifs is 1. The second kappa shape index (κ2) is 6.85. The Labute approximate surface area is 149 Å². The van der Waals surface area contributed by atoms with Gasteiger partial charge in [-0.05, 0) is 60.3 Å². The molecule has 134 valence electrons. The minimum absolute atomic E-state index is 0.0627. The Morgan fingerprint density at radius 3 is 2.84 bits per heavy atom. The minimum atomic E-state index is 0.0627. The van der Waals surface area contributed by atoms with Crippen LogP contribution in [0.15, 0.2) is 57.5 Å². The quantitative estimate of drug-likeness (QED) is 0.825. The van der Waals surface area contributed by atoms with E-state index in [2.05, 4.69) is 23.5 Å². The highest BCUT2D eigenvalue weighted by Gasteiger charge is 2.38. The summed E-state index contributed by atoms with van der Waals surface area (Å²) in [5.74, 6) is 1.36. The first-order valence-corrected chi connectivity index (χ1v) is 9.24. The molecule has 2 unspecified atom stereocenters. The van der Waals surface area contributed by atoms with E-state index in [1.54, 1.807) is 14.2 Å². The zero-order valence-corrected chi connectivity index (χ0v) is 15.1. The van der Waals surface area contributed by atoms with Gasteiger partial charge in [0.05, 0.1) is 13.2 Å². The fourth-order valence-corrected chi connectivity index (χ4v) is 4.76. The average molecular weight is 341 g/mol. The van der Waals surface area contributed by atoms with E-state index in [4.69, 9.17) is 9.47 Å². The maximum absolute atomic E-state index is 9.39.